The highest BCUT2D eigenvalue weighted by Crippen LogP contribution is 2.37. The molecule has 0 spiro atoms. The molecular weight excluding hydrogens is 599 g/mol. The number of phenolic OH excluding ortho intramolecular Hbond substituents is 1. The van der Waals surface area contributed by atoms with Crippen molar-refractivity contribution in [2.45, 2.75) is 37.8 Å². The van der Waals surface area contributed by atoms with Gasteiger partial charge in [0.15, 0.2) is 5.69 Å². The number of amides is 1. The first-order valence-electron chi connectivity index (χ1n) is 15.3. The SMILES string of the molecule is O=C(Cc1ccc(N2CCN(C(=O)Cc3ccccc3O)CC2)nc1)c1oc(N2CCC(c3ccccc3)CC2)nc1C(F)(F)F. The van der Waals surface area contributed by atoms with Crippen molar-refractivity contribution in [3.8, 4) is 5.75 Å². The molecule has 6 rings (SSSR count). The number of benzene rings is 2. The van der Waals surface area contributed by atoms with E-state index in [9.17, 15) is 27.9 Å². The lowest BCUT2D eigenvalue weighted by atomic mass is 9.90. The normalized spacial score (nSPS) is 16.1. The molecule has 2 aliphatic heterocycles. The Bertz CT molecular complexity index is 1660. The second-order valence-electron chi connectivity index (χ2n) is 11.6. The first-order chi connectivity index (χ1) is 22.2. The zero-order chi connectivity index (χ0) is 32.3. The van der Waals surface area contributed by atoms with E-state index in [4.69, 9.17) is 4.42 Å². The summed E-state index contributed by atoms with van der Waals surface area (Å²) in [5.74, 6) is -0.658. The number of Topliss-reactive ketones (excluding diaryl/α,β-unsaturated/α-hetero) is 1. The van der Waals surface area contributed by atoms with E-state index < -0.39 is 23.4 Å². The Morgan fingerprint density at radius 3 is 2.20 bits per heavy atom. The molecule has 0 atom stereocenters. The van der Waals surface area contributed by atoms with Gasteiger partial charge in [-0.3, -0.25) is 9.59 Å². The number of para-hydroxylation sites is 1. The Hall–Kier alpha value is -4.87. The van der Waals surface area contributed by atoms with Crippen molar-refractivity contribution in [3.05, 3.63) is 101 Å². The Morgan fingerprint density at radius 2 is 1.54 bits per heavy atom. The minimum atomic E-state index is -4.85. The number of piperidine rings is 1. The van der Waals surface area contributed by atoms with Gasteiger partial charge in [0.25, 0.3) is 6.01 Å². The lowest BCUT2D eigenvalue weighted by molar-refractivity contribution is -0.141. The molecule has 1 N–H and O–H groups in total. The summed E-state index contributed by atoms with van der Waals surface area (Å²) in [5, 5.41) is 9.97. The van der Waals surface area contributed by atoms with Gasteiger partial charge in [0.05, 0.1) is 6.42 Å². The first kappa shape index (κ1) is 31.1. The summed E-state index contributed by atoms with van der Waals surface area (Å²) in [5.41, 5.74) is 0.908. The molecule has 2 aromatic heterocycles. The Morgan fingerprint density at radius 1 is 0.848 bits per heavy atom. The van der Waals surface area contributed by atoms with Gasteiger partial charge in [-0.25, -0.2) is 4.98 Å². The van der Waals surface area contributed by atoms with Crippen molar-refractivity contribution < 1.29 is 32.3 Å². The number of aromatic nitrogens is 2. The average molecular weight is 634 g/mol. The van der Waals surface area contributed by atoms with Gasteiger partial charge in [-0.2, -0.15) is 18.2 Å². The molecular formula is C34H34F3N5O4. The van der Waals surface area contributed by atoms with Crippen LogP contribution in [0.15, 0.2) is 77.3 Å². The average Bonchev–Trinajstić information content (AvgIpc) is 3.54. The molecule has 2 aliphatic rings. The number of halogens is 3. The molecule has 1 amide bonds. The van der Waals surface area contributed by atoms with Crippen LogP contribution in [-0.2, 0) is 23.8 Å². The van der Waals surface area contributed by atoms with Crippen LogP contribution in [0.4, 0.5) is 25.0 Å². The molecule has 2 saturated heterocycles. The van der Waals surface area contributed by atoms with Crippen LogP contribution < -0.4 is 9.80 Å². The number of carbonyl (C=O) groups is 2. The lowest BCUT2D eigenvalue weighted by Crippen LogP contribution is -2.49. The molecule has 9 nitrogen and oxygen atoms in total. The van der Waals surface area contributed by atoms with Crippen LogP contribution >= 0.6 is 0 Å². The number of hydrogen-bond donors (Lipinski definition) is 1. The van der Waals surface area contributed by atoms with Gasteiger partial charge in [0, 0.05) is 57.4 Å². The second-order valence-corrected chi connectivity index (χ2v) is 11.6. The summed E-state index contributed by atoms with van der Waals surface area (Å²) < 4.78 is 47.3. The Kier molecular flexibility index (Phi) is 8.96. The van der Waals surface area contributed by atoms with Crippen molar-refractivity contribution in [2.24, 2.45) is 0 Å². The van der Waals surface area contributed by atoms with Crippen molar-refractivity contribution in [3.63, 3.8) is 0 Å². The molecule has 4 aromatic rings. The molecule has 12 heteroatoms. The highest BCUT2D eigenvalue weighted by atomic mass is 19.4. The number of rotatable bonds is 8. The number of hydrogen-bond acceptors (Lipinski definition) is 8. The third-order valence-corrected chi connectivity index (χ3v) is 8.64. The number of piperazine rings is 1. The standard InChI is InChI=1S/C34H34F3N5O4/c35-34(36,37)32-31(46-33(39-32)42-14-12-25(13-15-42)24-6-2-1-3-7-24)28(44)20-23-10-11-29(38-22-23)40-16-18-41(19-17-40)30(45)21-26-8-4-5-9-27(26)43/h1-11,22,25,43H,12-21H2. The van der Waals surface area contributed by atoms with Crippen molar-refractivity contribution in [1.82, 2.24) is 14.9 Å². The predicted molar refractivity (Wildman–Crippen MR) is 165 cm³/mol. The van der Waals surface area contributed by atoms with E-state index in [1.54, 1.807) is 46.2 Å². The van der Waals surface area contributed by atoms with Crippen LogP contribution in [0, 0.1) is 0 Å². The van der Waals surface area contributed by atoms with E-state index in [1.807, 2.05) is 23.1 Å². The monoisotopic (exact) mass is 633 g/mol. The van der Waals surface area contributed by atoms with Crippen molar-refractivity contribution in [1.29, 1.82) is 0 Å². The minimum Gasteiger partial charge on any atom is -0.508 e. The van der Waals surface area contributed by atoms with Gasteiger partial charge in [-0.1, -0.05) is 54.6 Å². The van der Waals surface area contributed by atoms with Crippen molar-refractivity contribution in [2.75, 3.05) is 49.1 Å². The molecule has 2 fully saturated rings. The molecule has 2 aromatic carbocycles. The number of ketones is 1. The largest absolute Gasteiger partial charge is 0.508 e. The van der Waals surface area contributed by atoms with Gasteiger partial charge < -0.3 is 24.2 Å². The van der Waals surface area contributed by atoms with E-state index in [0.29, 0.717) is 62.1 Å². The van der Waals surface area contributed by atoms with Crippen LogP contribution in [-0.4, -0.2) is 70.9 Å². The third-order valence-electron chi connectivity index (χ3n) is 8.64. The molecule has 0 bridgehead atoms. The molecule has 4 heterocycles. The minimum absolute atomic E-state index is 0.0755. The fourth-order valence-corrected chi connectivity index (χ4v) is 6.05. The smallest absolute Gasteiger partial charge is 0.437 e. The fourth-order valence-electron chi connectivity index (χ4n) is 6.05. The van der Waals surface area contributed by atoms with Gasteiger partial charge in [-0.15, -0.1) is 0 Å². The Balaban J connectivity index is 1.06. The summed E-state index contributed by atoms with van der Waals surface area (Å²) in [6.45, 7) is 2.97. The summed E-state index contributed by atoms with van der Waals surface area (Å²) in [4.78, 5) is 39.4. The van der Waals surface area contributed by atoms with Crippen LogP contribution in [0.1, 0.15) is 51.7 Å². The van der Waals surface area contributed by atoms with E-state index >= 15 is 0 Å². The Labute approximate surface area is 264 Å². The zero-order valence-corrected chi connectivity index (χ0v) is 25.1. The van der Waals surface area contributed by atoms with Crippen LogP contribution in [0.3, 0.4) is 0 Å². The van der Waals surface area contributed by atoms with E-state index in [0.717, 1.165) is 12.8 Å². The van der Waals surface area contributed by atoms with E-state index in [1.165, 1.54) is 11.8 Å². The molecule has 46 heavy (non-hydrogen) atoms. The number of nitrogens with zero attached hydrogens (tertiary/aromatic N) is 5. The highest BCUT2D eigenvalue weighted by molar-refractivity contribution is 5.96. The summed E-state index contributed by atoms with van der Waals surface area (Å²) in [6, 6.07) is 19.9. The highest BCUT2D eigenvalue weighted by Gasteiger charge is 2.42. The number of carbonyl (C=O) groups excluding carboxylic acids is 2. The number of pyridine rings is 1. The fraction of sp³-hybridized carbons (Fsp3) is 0.353. The number of phenols is 1. The number of alkyl halides is 3. The number of aromatic hydroxyl groups is 1. The van der Waals surface area contributed by atoms with Gasteiger partial charge >= 0.3 is 6.18 Å². The van der Waals surface area contributed by atoms with Gasteiger partial charge in [-0.05, 0) is 42.0 Å². The molecule has 240 valence electrons. The topological polar surface area (TPSA) is 103 Å². The number of anilines is 2. The van der Waals surface area contributed by atoms with E-state index in [2.05, 4.69) is 22.1 Å². The summed E-state index contributed by atoms with van der Waals surface area (Å²) >= 11 is 0. The maximum atomic E-state index is 13.9. The zero-order valence-electron chi connectivity index (χ0n) is 25.1. The van der Waals surface area contributed by atoms with Crippen LogP contribution in [0.25, 0.3) is 0 Å². The molecule has 0 radical (unpaired) electrons. The molecule has 0 saturated carbocycles. The maximum Gasteiger partial charge on any atom is 0.437 e. The second kappa shape index (κ2) is 13.2. The summed E-state index contributed by atoms with van der Waals surface area (Å²) in [7, 11) is 0. The van der Waals surface area contributed by atoms with Gasteiger partial charge in [0.1, 0.15) is 11.6 Å². The van der Waals surface area contributed by atoms with Crippen LogP contribution in [0.5, 0.6) is 5.75 Å². The predicted octanol–water partition coefficient (Wildman–Crippen LogP) is 5.49. The van der Waals surface area contributed by atoms with Gasteiger partial charge in [0.2, 0.25) is 17.5 Å². The van der Waals surface area contributed by atoms with E-state index in [-0.39, 0.29) is 30.5 Å². The first-order valence-corrected chi connectivity index (χ1v) is 15.3. The maximum absolute atomic E-state index is 13.9. The third kappa shape index (κ3) is 7.00. The molecule has 0 aliphatic carbocycles. The summed E-state index contributed by atoms with van der Waals surface area (Å²) in [6.07, 6.45) is -2.11. The van der Waals surface area contributed by atoms with Crippen molar-refractivity contribution >= 4 is 23.5 Å². The lowest BCUT2D eigenvalue weighted by Gasteiger charge is -2.35. The van der Waals surface area contributed by atoms with Crippen LogP contribution in [0.2, 0.25) is 0 Å². The molecule has 0 unspecified atom stereocenters. The quantitative estimate of drug-likeness (QED) is 0.254. The number of oxazole rings is 1.